The van der Waals surface area contributed by atoms with Crippen LogP contribution in [0, 0.1) is 12.7 Å². The average Bonchev–Trinajstić information content (AvgIpc) is 2.72. The highest BCUT2D eigenvalue weighted by atomic mass is 32.2. The monoisotopic (exact) mass is 335 g/mol. The van der Waals surface area contributed by atoms with E-state index in [2.05, 4.69) is 0 Å². The number of fused-ring (bicyclic) bond motifs is 1. The van der Waals surface area contributed by atoms with Crippen molar-refractivity contribution < 1.29 is 22.3 Å². The fraction of sp³-hybridized carbons (Fsp3) is 0.188. The van der Waals surface area contributed by atoms with Crippen LogP contribution in [0.25, 0.3) is 0 Å². The average molecular weight is 335 g/mol. The van der Waals surface area contributed by atoms with Crippen LogP contribution in [-0.4, -0.2) is 25.7 Å². The number of hydrogen-bond acceptors (Lipinski definition) is 4. The van der Waals surface area contributed by atoms with E-state index in [0.29, 0.717) is 11.3 Å². The number of methoxy groups -OCH3 is 1. The van der Waals surface area contributed by atoms with E-state index in [-0.39, 0.29) is 22.6 Å². The van der Waals surface area contributed by atoms with E-state index in [4.69, 9.17) is 4.74 Å². The van der Waals surface area contributed by atoms with Gasteiger partial charge in [0.05, 0.1) is 19.2 Å². The third kappa shape index (κ3) is 2.37. The summed E-state index contributed by atoms with van der Waals surface area (Å²) < 4.78 is 44.6. The second-order valence-electron chi connectivity index (χ2n) is 5.21. The zero-order valence-electron chi connectivity index (χ0n) is 12.5. The first-order valence-electron chi connectivity index (χ1n) is 6.85. The number of amides is 1. The lowest BCUT2D eigenvalue weighted by molar-refractivity contribution is 0.0864. The van der Waals surface area contributed by atoms with E-state index in [1.165, 1.54) is 14.0 Å². The number of benzene rings is 2. The van der Waals surface area contributed by atoms with E-state index >= 15 is 0 Å². The molecule has 0 aromatic heterocycles. The van der Waals surface area contributed by atoms with Gasteiger partial charge < -0.3 is 4.74 Å². The molecule has 2 aromatic carbocycles. The Bertz CT molecular complexity index is 891. The Balaban J connectivity index is 2.01. The van der Waals surface area contributed by atoms with Crippen molar-refractivity contribution in [3.63, 3.8) is 0 Å². The molecule has 120 valence electrons. The van der Waals surface area contributed by atoms with Crippen molar-refractivity contribution in [2.75, 3.05) is 7.11 Å². The molecule has 0 N–H and O–H groups in total. The van der Waals surface area contributed by atoms with Crippen molar-refractivity contribution in [2.45, 2.75) is 18.4 Å². The molecule has 0 saturated carbocycles. The van der Waals surface area contributed by atoms with Crippen LogP contribution in [0.1, 0.15) is 21.5 Å². The molecule has 2 aromatic rings. The number of carbonyl (C=O) groups excluding carboxylic acids is 1. The summed E-state index contributed by atoms with van der Waals surface area (Å²) in [6, 6.07) is 8.92. The number of carbonyl (C=O) groups is 1. The van der Waals surface area contributed by atoms with Gasteiger partial charge in [0.25, 0.3) is 15.9 Å². The molecule has 3 rings (SSSR count). The molecule has 1 amide bonds. The topological polar surface area (TPSA) is 63.7 Å². The summed E-state index contributed by atoms with van der Waals surface area (Å²) in [6.07, 6.45) is 0. The third-order valence-corrected chi connectivity index (χ3v) is 5.63. The van der Waals surface area contributed by atoms with Crippen LogP contribution in [0.3, 0.4) is 0 Å². The molecule has 0 radical (unpaired) electrons. The van der Waals surface area contributed by atoms with Gasteiger partial charge in [-0.25, -0.2) is 17.1 Å². The Morgan fingerprint density at radius 1 is 1.13 bits per heavy atom. The first-order valence-corrected chi connectivity index (χ1v) is 8.29. The van der Waals surface area contributed by atoms with Crippen molar-refractivity contribution in [1.82, 2.24) is 4.31 Å². The molecule has 0 fully saturated rings. The normalized spacial score (nSPS) is 15.6. The summed E-state index contributed by atoms with van der Waals surface area (Å²) in [5, 5.41) is 0. The van der Waals surface area contributed by atoms with Crippen LogP contribution in [0.4, 0.5) is 4.39 Å². The van der Waals surface area contributed by atoms with Gasteiger partial charge in [-0.3, -0.25) is 4.79 Å². The molecule has 5 nitrogen and oxygen atoms in total. The number of nitrogens with zero attached hydrogens (tertiary/aromatic N) is 1. The SMILES string of the molecule is COc1ccc(CN2C(=O)c3c(ccc(F)c3C)S2(=O)=O)cc1. The maximum atomic E-state index is 13.7. The third-order valence-electron chi connectivity index (χ3n) is 3.85. The summed E-state index contributed by atoms with van der Waals surface area (Å²) in [4.78, 5) is 12.3. The van der Waals surface area contributed by atoms with Gasteiger partial charge in [-0.1, -0.05) is 12.1 Å². The second kappa shape index (κ2) is 5.34. The molecule has 0 unspecified atom stereocenters. The molecular weight excluding hydrogens is 321 g/mol. The molecular formula is C16H14FNO4S. The lowest BCUT2D eigenvalue weighted by atomic mass is 10.1. The Hall–Kier alpha value is -2.41. The van der Waals surface area contributed by atoms with Gasteiger partial charge in [-0.05, 0) is 42.3 Å². The number of halogens is 1. The molecule has 1 heterocycles. The summed E-state index contributed by atoms with van der Waals surface area (Å²) in [5.74, 6) is -0.669. The van der Waals surface area contributed by atoms with E-state index in [9.17, 15) is 17.6 Å². The lowest BCUT2D eigenvalue weighted by Crippen LogP contribution is -2.29. The standard InChI is InChI=1S/C16H14FNO4S/c1-10-13(17)7-8-14-15(10)16(19)18(23(14,20)21)9-11-3-5-12(22-2)6-4-11/h3-8H,9H2,1-2H3. The Kier molecular flexibility index (Phi) is 3.60. The summed E-state index contributed by atoms with van der Waals surface area (Å²) >= 11 is 0. The van der Waals surface area contributed by atoms with Crippen molar-refractivity contribution in [3.05, 3.63) is 58.9 Å². The zero-order chi connectivity index (χ0) is 16.8. The molecule has 7 heteroatoms. The molecule has 0 aliphatic carbocycles. The van der Waals surface area contributed by atoms with E-state index < -0.39 is 21.7 Å². The van der Waals surface area contributed by atoms with Gasteiger partial charge >= 0.3 is 0 Å². The number of ether oxygens (including phenoxy) is 1. The summed E-state index contributed by atoms with van der Waals surface area (Å²) in [7, 11) is -2.44. The van der Waals surface area contributed by atoms with Gasteiger partial charge in [-0.15, -0.1) is 0 Å². The summed E-state index contributed by atoms with van der Waals surface area (Å²) in [6.45, 7) is 1.29. The zero-order valence-corrected chi connectivity index (χ0v) is 13.4. The van der Waals surface area contributed by atoms with Gasteiger partial charge in [-0.2, -0.15) is 0 Å². The Labute approximate surface area is 133 Å². The van der Waals surface area contributed by atoms with Gasteiger partial charge in [0.15, 0.2) is 0 Å². The van der Waals surface area contributed by atoms with E-state index in [1.54, 1.807) is 24.3 Å². The summed E-state index contributed by atoms with van der Waals surface area (Å²) in [5.41, 5.74) is 0.598. The quantitative estimate of drug-likeness (QED) is 0.864. The molecule has 0 spiro atoms. The smallest absolute Gasteiger partial charge is 0.269 e. The largest absolute Gasteiger partial charge is 0.497 e. The van der Waals surface area contributed by atoms with Crippen LogP contribution in [0.15, 0.2) is 41.3 Å². The van der Waals surface area contributed by atoms with Crippen molar-refractivity contribution in [1.29, 1.82) is 0 Å². The van der Waals surface area contributed by atoms with E-state index in [0.717, 1.165) is 16.4 Å². The molecule has 1 aliphatic rings. The first-order chi connectivity index (χ1) is 10.9. The Morgan fingerprint density at radius 2 is 1.78 bits per heavy atom. The van der Waals surface area contributed by atoms with Crippen molar-refractivity contribution >= 4 is 15.9 Å². The van der Waals surface area contributed by atoms with Crippen molar-refractivity contribution in [2.24, 2.45) is 0 Å². The molecule has 0 bridgehead atoms. The van der Waals surface area contributed by atoms with Gasteiger partial charge in [0, 0.05) is 0 Å². The minimum Gasteiger partial charge on any atom is -0.497 e. The highest BCUT2D eigenvalue weighted by Gasteiger charge is 2.42. The fourth-order valence-corrected chi connectivity index (χ4v) is 4.15. The minimum absolute atomic E-state index is 0.0494. The predicted molar refractivity (Wildman–Crippen MR) is 81.2 cm³/mol. The first kappa shape index (κ1) is 15.5. The van der Waals surface area contributed by atoms with Gasteiger partial charge in [0.2, 0.25) is 0 Å². The van der Waals surface area contributed by atoms with E-state index in [1.807, 2.05) is 0 Å². The van der Waals surface area contributed by atoms with Crippen LogP contribution in [-0.2, 0) is 16.6 Å². The number of hydrogen-bond donors (Lipinski definition) is 0. The second-order valence-corrected chi connectivity index (χ2v) is 7.04. The fourth-order valence-electron chi connectivity index (χ4n) is 2.55. The highest BCUT2D eigenvalue weighted by Crippen LogP contribution is 2.34. The molecule has 23 heavy (non-hydrogen) atoms. The number of rotatable bonds is 3. The molecule has 0 atom stereocenters. The minimum atomic E-state index is -3.96. The lowest BCUT2D eigenvalue weighted by Gasteiger charge is -2.15. The Morgan fingerprint density at radius 3 is 2.39 bits per heavy atom. The van der Waals surface area contributed by atoms with Crippen LogP contribution < -0.4 is 4.74 Å². The number of sulfonamides is 1. The predicted octanol–water partition coefficient (Wildman–Crippen LogP) is 2.49. The van der Waals surface area contributed by atoms with Crippen LogP contribution >= 0.6 is 0 Å². The van der Waals surface area contributed by atoms with Crippen molar-refractivity contribution in [3.8, 4) is 5.75 Å². The molecule has 1 aliphatic heterocycles. The van der Waals surface area contributed by atoms with Gasteiger partial charge in [0.1, 0.15) is 16.5 Å². The van der Waals surface area contributed by atoms with Crippen LogP contribution in [0.5, 0.6) is 5.75 Å². The highest BCUT2D eigenvalue weighted by molar-refractivity contribution is 7.90. The van der Waals surface area contributed by atoms with Crippen LogP contribution in [0.2, 0.25) is 0 Å². The molecule has 0 saturated heterocycles. The maximum Gasteiger partial charge on any atom is 0.269 e. The maximum absolute atomic E-state index is 13.7.